The summed E-state index contributed by atoms with van der Waals surface area (Å²) in [5, 5.41) is 0. The smallest absolute Gasteiger partial charge is 0.0950 e. The summed E-state index contributed by atoms with van der Waals surface area (Å²) in [6.07, 6.45) is 0. The molecule has 2 radical (unpaired) electrons. The third kappa shape index (κ3) is 8.79. The van der Waals surface area contributed by atoms with Crippen LogP contribution in [0.25, 0.3) is 0 Å². The third-order valence-corrected chi connectivity index (χ3v) is 8.53. The van der Waals surface area contributed by atoms with Crippen LogP contribution >= 0.6 is 0 Å². The Bertz CT molecular complexity index is 1720. The van der Waals surface area contributed by atoms with E-state index in [0.29, 0.717) is 0 Å². The van der Waals surface area contributed by atoms with Crippen LogP contribution in [0, 0.1) is 25.5 Å². The van der Waals surface area contributed by atoms with E-state index >= 15 is 0 Å². The summed E-state index contributed by atoms with van der Waals surface area (Å²) in [6.45, 7) is 5.08. The Morgan fingerprint density at radius 2 is 0.843 bits per heavy atom. The van der Waals surface area contributed by atoms with Crippen molar-refractivity contribution in [1.82, 2.24) is 0 Å². The van der Waals surface area contributed by atoms with Crippen molar-refractivity contribution < 1.29 is 64.2 Å². The second-order valence-corrected chi connectivity index (χ2v) is 11.8. The zero-order valence-corrected chi connectivity index (χ0v) is 35.5. The fraction of sp³-hybridized carbons (Fsp3) is 0.0952. The van der Waals surface area contributed by atoms with Crippen molar-refractivity contribution in [3.05, 3.63) is 177 Å². The van der Waals surface area contributed by atoms with E-state index in [-0.39, 0.29) is 64.2 Å². The Balaban J connectivity index is 0.000000167. The fourth-order valence-electron chi connectivity index (χ4n) is 6.19. The molecule has 9 rings (SSSR count). The van der Waals surface area contributed by atoms with Crippen LogP contribution in [-0.4, -0.2) is 27.8 Å². The first-order valence-electron chi connectivity index (χ1n) is 16.1. The van der Waals surface area contributed by atoms with Gasteiger partial charge in [-0.3, -0.25) is 0 Å². The van der Waals surface area contributed by atoms with Gasteiger partial charge in [-0.25, -0.2) is 0 Å². The first-order chi connectivity index (χ1) is 23.6. The minimum atomic E-state index is 0. The SMILES string of the molecule is CN1CN(c2ccccc2)c2ccccc21.CN1[CH-]N(c2[c-]cccc2)c2ccccc21.CN1[CH-]N(c2[c-]cccc2)c2ccccc21.[I-].[Ir].[Ir]. The maximum atomic E-state index is 3.24. The predicted molar refractivity (Wildman–Crippen MR) is 201 cm³/mol. The number of benzene rings is 6. The van der Waals surface area contributed by atoms with Gasteiger partial charge in [-0.15, -0.1) is 11.4 Å². The molecule has 6 nitrogen and oxygen atoms in total. The molecule has 0 spiro atoms. The van der Waals surface area contributed by atoms with Crippen molar-refractivity contribution in [2.24, 2.45) is 0 Å². The van der Waals surface area contributed by atoms with Crippen LogP contribution in [0.5, 0.6) is 0 Å². The van der Waals surface area contributed by atoms with E-state index in [1.807, 2.05) is 36.4 Å². The molecule has 3 aliphatic heterocycles. The van der Waals surface area contributed by atoms with Crippen molar-refractivity contribution in [3.63, 3.8) is 0 Å². The number of halogens is 1. The number of fused-ring (bicyclic) bond motifs is 3. The maximum Gasteiger partial charge on any atom is 0.0950 e. The van der Waals surface area contributed by atoms with Gasteiger partial charge >= 0.3 is 0 Å². The molecule has 0 saturated heterocycles. The average molecular weight is 1140 g/mol. The number of anilines is 9. The van der Waals surface area contributed by atoms with Gasteiger partial charge in [0.15, 0.2) is 0 Å². The van der Waals surface area contributed by atoms with Crippen molar-refractivity contribution in [3.8, 4) is 0 Å². The number of rotatable bonds is 3. The van der Waals surface area contributed by atoms with E-state index < -0.39 is 0 Å². The predicted octanol–water partition coefficient (Wildman–Crippen LogP) is 6.62. The zero-order valence-electron chi connectivity index (χ0n) is 28.5. The number of para-hydroxylation sites is 9. The van der Waals surface area contributed by atoms with Crippen LogP contribution in [0.3, 0.4) is 0 Å². The van der Waals surface area contributed by atoms with E-state index in [9.17, 15) is 0 Å². The summed E-state index contributed by atoms with van der Waals surface area (Å²) in [6, 6.07) is 58.2. The summed E-state index contributed by atoms with van der Waals surface area (Å²) in [4.78, 5) is 13.1. The van der Waals surface area contributed by atoms with Crippen LogP contribution in [0.4, 0.5) is 51.2 Å². The molecular formula is C42H38IIr2N6-5. The first kappa shape index (κ1) is 39.9. The van der Waals surface area contributed by atoms with Crippen molar-refractivity contribution in [1.29, 1.82) is 0 Å². The zero-order chi connectivity index (χ0) is 32.9. The Labute approximate surface area is 347 Å². The molecule has 0 atom stereocenters. The van der Waals surface area contributed by atoms with Gasteiger partial charge in [-0.2, -0.15) is 74.0 Å². The summed E-state index contributed by atoms with van der Waals surface area (Å²) >= 11 is 0. The Hall–Kier alpha value is -3.85. The molecule has 266 valence electrons. The summed E-state index contributed by atoms with van der Waals surface area (Å²) in [5.74, 6) is 0. The van der Waals surface area contributed by atoms with Gasteiger partial charge < -0.3 is 53.4 Å². The summed E-state index contributed by atoms with van der Waals surface area (Å²) < 4.78 is 0. The summed E-state index contributed by atoms with van der Waals surface area (Å²) in [7, 11) is 6.24. The molecule has 0 aliphatic carbocycles. The Kier molecular flexibility index (Phi) is 14.5. The van der Waals surface area contributed by atoms with Crippen molar-refractivity contribution in [2.75, 3.05) is 57.2 Å². The van der Waals surface area contributed by atoms with Crippen LogP contribution in [0.15, 0.2) is 152 Å². The van der Waals surface area contributed by atoms with E-state index in [2.05, 4.69) is 191 Å². The van der Waals surface area contributed by atoms with E-state index in [1.54, 1.807) is 0 Å². The minimum absolute atomic E-state index is 0. The van der Waals surface area contributed by atoms with Crippen molar-refractivity contribution in [2.45, 2.75) is 0 Å². The Morgan fingerprint density at radius 1 is 0.451 bits per heavy atom. The number of nitrogens with zero attached hydrogens (tertiary/aromatic N) is 6. The molecule has 0 N–H and O–H groups in total. The Morgan fingerprint density at radius 3 is 1.29 bits per heavy atom. The molecule has 6 aromatic carbocycles. The number of hydrogen-bond acceptors (Lipinski definition) is 6. The van der Waals surface area contributed by atoms with Gasteiger partial charge in [0, 0.05) is 75.7 Å². The number of hydrogen-bond donors (Lipinski definition) is 0. The monoisotopic (exact) mass is 1140 g/mol. The van der Waals surface area contributed by atoms with Gasteiger partial charge in [0.05, 0.1) is 18.0 Å². The minimum Gasteiger partial charge on any atom is -1.00 e. The van der Waals surface area contributed by atoms with E-state index in [0.717, 1.165) is 18.0 Å². The molecule has 0 bridgehead atoms. The topological polar surface area (TPSA) is 19.4 Å². The molecule has 0 fully saturated rings. The molecule has 0 aromatic heterocycles. The first-order valence-corrected chi connectivity index (χ1v) is 16.1. The van der Waals surface area contributed by atoms with Crippen molar-refractivity contribution >= 4 is 51.2 Å². The standard InChI is InChI=1S/C14H14N2.2C14H12N2.HI.2Ir/c3*1-15-11-16(12-7-3-2-4-8-12)14-10-6-5-9-13(14)15;;;/h2-10H,11H2,1H3;2*2-7,9-11H,1H3;1H;;/q;2*-2;;;/p-1. The molecular weight excluding hydrogens is 1100 g/mol. The van der Waals surface area contributed by atoms with Crippen LogP contribution in [-0.2, 0) is 40.2 Å². The molecule has 3 aliphatic rings. The van der Waals surface area contributed by atoms with Gasteiger partial charge in [0.2, 0.25) is 0 Å². The quantitative estimate of drug-likeness (QED) is 0.146. The maximum absolute atomic E-state index is 3.24. The van der Waals surface area contributed by atoms with Gasteiger partial charge in [0.25, 0.3) is 0 Å². The summed E-state index contributed by atoms with van der Waals surface area (Å²) in [5.41, 5.74) is 10.8. The molecule has 51 heavy (non-hydrogen) atoms. The fourth-order valence-corrected chi connectivity index (χ4v) is 6.19. The molecule has 0 saturated carbocycles. The molecule has 0 unspecified atom stereocenters. The molecule has 3 heterocycles. The van der Waals surface area contributed by atoms with E-state index in [4.69, 9.17) is 0 Å². The second-order valence-electron chi connectivity index (χ2n) is 11.8. The average Bonchev–Trinajstić information content (AvgIpc) is 3.80. The van der Waals surface area contributed by atoms with Gasteiger partial charge in [-0.1, -0.05) is 54.6 Å². The third-order valence-electron chi connectivity index (χ3n) is 8.53. The van der Waals surface area contributed by atoms with Crippen LogP contribution in [0.1, 0.15) is 0 Å². The normalized spacial score (nSPS) is 13.2. The largest absolute Gasteiger partial charge is 1.00 e. The molecule has 0 amide bonds. The van der Waals surface area contributed by atoms with E-state index in [1.165, 1.54) is 39.8 Å². The van der Waals surface area contributed by atoms with Crippen LogP contribution in [0.2, 0.25) is 0 Å². The van der Waals surface area contributed by atoms with Gasteiger partial charge in [-0.05, 0) is 62.6 Å². The van der Waals surface area contributed by atoms with Crippen LogP contribution < -0.4 is 53.4 Å². The molecule has 6 aromatic rings. The molecule has 9 heteroatoms. The second kappa shape index (κ2) is 18.6. The van der Waals surface area contributed by atoms with Gasteiger partial charge in [0.1, 0.15) is 0 Å².